The van der Waals surface area contributed by atoms with Gasteiger partial charge in [-0.1, -0.05) is 103 Å². The third-order valence-electron chi connectivity index (χ3n) is 7.30. The van der Waals surface area contributed by atoms with Crippen molar-refractivity contribution >= 4 is 69.3 Å². The Bertz CT molecular complexity index is 2180. The molecule has 0 radical (unpaired) electrons. The van der Waals surface area contributed by atoms with Crippen LogP contribution < -0.4 is 16.0 Å². The van der Waals surface area contributed by atoms with Gasteiger partial charge in [0.2, 0.25) is 5.91 Å². The fraction of sp³-hybridized carbons (Fsp3) is 0.0256. The van der Waals surface area contributed by atoms with Crippen LogP contribution in [0.25, 0.3) is 17.3 Å². The minimum absolute atomic E-state index is 0.131. The Kier molecular flexibility index (Phi) is 11.1. The number of hydrogen-bond donors (Lipinski definition) is 3. The molecule has 7 nitrogen and oxygen atoms in total. The molecule has 0 bridgehead atoms. The van der Waals surface area contributed by atoms with E-state index in [2.05, 4.69) is 20.9 Å². The van der Waals surface area contributed by atoms with Crippen LogP contribution in [0.1, 0.15) is 26.7 Å². The summed E-state index contributed by atoms with van der Waals surface area (Å²) in [6.45, 7) is 0. The summed E-state index contributed by atoms with van der Waals surface area (Å²) in [6, 6.07) is 38.0. The highest BCUT2D eigenvalue weighted by Crippen LogP contribution is 2.38. The Morgan fingerprint density at radius 1 is 0.800 bits per heavy atom. The van der Waals surface area contributed by atoms with Crippen LogP contribution in [-0.4, -0.2) is 22.7 Å². The van der Waals surface area contributed by atoms with Crippen molar-refractivity contribution in [3.05, 3.63) is 172 Å². The first-order valence-electron chi connectivity index (χ1n) is 15.3. The number of amides is 3. The molecule has 5 aromatic carbocycles. The van der Waals surface area contributed by atoms with Crippen LogP contribution in [0, 0.1) is 5.82 Å². The van der Waals surface area contributed by atoms with Gasteiger partial charge >= 0.3 is 0 Å². The molecule has 1 aromatic heterocycles. The maximum Gasteiger partial charge on any atom is 0.272 e. The molecule has 0 saturated carbocycles. The van der Waals surface area contributed by atoms with E-state index in [0.29, 0.717) is 32.0 Å². The van der Waals surface area contributed by atoms with Crippen molar-refractivity contribution in [2.24, 2.45) is 0 Å². The molecule has 0 aliphatic heterocycles. The highest BCUT2D eigenvalue weighted by atomic mass is 35.5. The summed E-state index contributed by atoms with van der Waals surface area (Å²) in [7, 11) is 0. The lowest BCUT2D eigenvalue weighted by Crippen LogP contribution is -2.30. The molecule has 0 spiro atoms. The molecule has 0 saturated heterocycles. The van der Waals surface area contributed by atoms with Crippen molar-refractivity contribution < 1.29 is 18.8 Å². The molecule has 0 fully saturated rings. The number of thioether (sulfide) groups is 1. The number of halogens is 2. The Hall–Kier alpha value is -5.55. The van der Waals surface area contributed by atoms with Gasteiger partial charge in [0.25, 0.3) is 11.8 Å². The van der Waals surface area contributed by atoms with E-state index in [1.165, 1.54) is 47.4 Å². The van der Waals surface area contributed by atoms with Gasteiger partial charge in [-0.2, -0.15) is 0 Å². The molecule has 248 valence electrons. The molecule has 11 heteroatoms. The molecule has 1 unspecified atom stereocenters. The van der Waals surface area contributed by atoms with Crippen LogP contribution in [-0.2, 0) is 9.59 Å². The van der Waals surface area contributed by atoms with Gasteiger partial charge in [-0.05, 0) is 54.1 Å². The van der Waals surface area contributed by atoms with Crippen molar-refractivity contribution in [2.45, 2.75) is 10.1 Å². The quantitative estimate of drug-likeness (QED) is 0.0916. The van der Waals surface area contributed by atoms with Crippen molar-refractivity contribution in [3.63, 3.8) is 0 Å². The maximum absolute atomic E-state index is 14.6. The van der Waals surface area contributed by atoms with Crippen LogP contribution in [0.3, 0.4) is 0 Å². The molecule has 6 aromatic rings. The van der Waals surface area contributed by atoms with Crippen LogP contribution in [0.4, 0.5) is 15.2 Å². The monoisotopic (exact) mass is 718 g/mol. The van der Waals surface area contributed by atoms with E-state index in [9.17, 15) is 18.8 Å². The van der Waals surface area contributed by atoms with E-state index in [0.717, 1.165) is 11.1 Å². The van der Waals surface area contributed by atoms with Gasteiger partial charge in [-0.3, -0.25) is 14.4 Å². The minimum atomic E-state index is -0.670. The number of carbonyl (C=O) groups is 3. The fourth-order valence-corrected chi connectivity index (χ4v) is 6.90. The first kappa shape index (κ1) is 34.3. The smallest absolute Gasteiger partial charge is 0.272 e. The first-order valence-corrected chi connectivity index (χ1v) is 17.4. The predicted octanol–water partition coefficient (Wildman–Crippen LogP) is 9.48. The molecule has 6 rings (SSSR count). The Morgan fingerprint density at radius 3 is 2.26 bits per heavy atom. The lowest BCUT2D eigenvalue weighted by Gasteiger charge is -2.17. The van der Waals surface area contributed by atoms with Gasteiger partial charge < -0.3 is 16.0 Å². The van der Waals surface area contributed by atoms with Crippen LogP contribution in [0.2, 0.25) is 5.02 Å². The number of anilines is 2. The molecule has 3 amide bonds. The summed E-state index contributed by atoms with van der Waals surface area (Å²) in [5.41, 5.74) is 2.92. The summed E-state index contributed by atoms with van der Waals surface area (Å²) in [5, 5.41) is 10.5. The summed E-state index contributed by atoms with van der Waals surface area (Å²) < 4.78 is 14.6. The van der Waals surface area contributed by atoms with Gasteiger partial charge in [0.05, 0.1) is 5.69 Å². The van der Waals surface area contributed by atoms with Crippen molar-refractivity contribution in [1.82, 2.24) is 10.3 Å². The number of rotatable bonds is 11. The lowest BCUT2D eigenvalue weighted by atomic mass is 10.1. The summed E-state index contributed by atoms with van der Waals surface area (Å²) in [6.07, 6.45) is 1.29. The second-order valence-corrected chi connectivity index (χ2v) is 13.2. The minimum Gasteiger partial charge on any atom is -0.321 e. The predicted molar refractivity (Wildman–Crippen MR) is 200 cm³/mol. The van der Waals surface area contributed by atoms with Gasteiger partial charge in [0.15, 0.2) is 5.13 Å². The summed E-state index contributed by atoms with van der Waals surface area (Å²) in [4.78, 5) is 45.6. The fourth-order valence-electron chi connectivity index (χ4n) is 4.87. The number of nitrogens with one attached hydrogen (secondary N) is 3. The number of carbonyl (C=O) groups excluding carboxylic acids is 3. The zero-order valence-corrected chi connectivity index (χ0v) is 28.6. The Labute approximate surface area is 301 Å². The molecular formula is C39H28ClFN4O3S2. The summed E-state index contributed by atoms with van der Waals surface area (Å²) in [5.74, 6) is -2.01. The van der Waals surface area contributed by atoms with Crippen LogP contribution in [0.5, 0.6) is 0 Å². The second-order valence-electron chi connectivity index (χ2n) is 10.8. The zero-order valence-electron chi connectivity index (χ0n) is 26.2. The number of thiazole rings is 1. The van der Waals surface area contributed by atoms with Gasteiger partial charge in [-0.25, -0.2) is 9.37 Å². The van der Waals surface area contributed by atoms with E-state index in [1.54, 1.807) is 60.7 Å². The number of nitrogens with zero attached hydrogens (tertiary/aromatic N) is 1. The molecule has 1 heterocycles. The average Bonchev–Trinajstić information content (AvgIpc) is 3.60. The van der Waals surface area contributed by atoms with Crippen molar-refractivity contribution in [1.29, 1.82) is 0 Å². The molecular weight excluding hydrogens is 691 g/mol. The van der Waals surface area contributed by atoms with Crippen LogP contribution >= 0.6 is 34.7 Å². The van der Waals surface area contributed by atoms with E-state index in [1.807, 2.05) is 60.0 Å². The van der Waals surface area contributed by atoms with Gasteiger partial charge in [0, 0.05) is 37.7 Å². The molecule has 50 heavy (non-hydrogen) atoms. The Morgan fingerprint density at radius 2 is 1.50 bits per heavy atom. The highest BCUT2D eigenvalue weighted by molar-refractivity contribution is 8.00. The molecule has 3 N–H and O–H groups in total. The highest BCUT2D eigenvalue weighted by Gasteiger charge is 2.24. The third-order valence-corrected chi connectivity index (χ3v) is 9.64. The topological polar surface area (TPSA) is 100 Å². The normalized spacial score (nSPS) is 11.8. The van der Waals surface area contributed by atoms with E-state index < -0.39 is 22.9 Å². The second kappa shape index (κ2) is 16.2. The number of hydrogen-bond acceptors (Lipinski definition) is 6. The number of aromatic nitrogens is 1. The summed E-state index contributed by atoms with van der Waals surface area (Å²) >= 11 is 8.95. The Balaban J connectivity index is 1.22. The number of benzene rings is 5. The standard InChI is InChI=1S/C39H28ClFN4O3S2/c40-31-20-9-8-19-30(31)34-24-49-39(44-34)45-38(48)35(25-12-3-1-4-13-25)50-29-18-11-17-28(23-29)42-37(47)33(22-27-16-7-10-21-32(27)41)43-36(46)26-14-5-2-6-15-26/h1-24,35H,(H,42,47)(H,43,46)(H,44,45,48)/b33-22-. The SMILES string of the molecule is O=C(Nc1cccc(SC(C(=O)Nc2nc(-c3ccccc3Cl)cs2)c2ccccc2)c1)/C(=C/c1ccccc1F)NC(=O)c1ccccc1. The lowest BCUT2D eigenvalue weighted by molar-refractivity contribution is -0.116. The first-order chi connectivity index (χ1) is 24.3. The largest absolute Gasteiger partial charge is 0.321 e. The molecule has 0 aliphatic rings. The van der Waals surface area contributed by atoms with Gasteiger partial charge in [-0.15, -0.1) is 23.1 Å². The third kappa shape index (κ3) is 8.72. The molecule has 1 atom stereocenters. The molecule has 0 aliphatic carbocycles. The average molecular weight is 719 g/mol. The van der Waals surface area contributed by atoms with E-state index in [4.69, 9.17) is 11.6 Å². The maximum atomic E-state index is 14.6. The van der Waals surface area contributed by atoms with E-state index >= 15 is 0 Å². The zero-order chi connectivity index (χ0) is 34.9. The van der Waals surface area contributed by atoms with Crippen LogP contribution in [0.15, 0.2) is 149 Å². The van der Waals surface area contributed by atoms with Crippen molar-refractivity contribution in [3.8, 4) is 11.3 Å². The van der Waals surface area contributed by atoms with Gasteiger partial charge in [0.1, 0.15) is 16.8 Å². The van der Waals surface area contributed by atoms with Crippen molar-refractivity contribution in [2.75, 3.05) is 10.6 Å². The van der Waals surface area contributed by atoms with E-state index in [-0.39, 0.29) is 17.2 Å².